The fraction of sp³-hybridized carbons (Fsp3) is 0.391. The van der Waals surface area contributed by atoms with E-state index in [-0.39, 0.29) is 6.04 Å². The molecule has 0 unspecified atom stereocenters. The van der Waals surface area contributed by atoms with Crippen molar-refractivity contribution < 1.29 is 9.59 Å². The number of nitrogens with zero attached hydrogens (tertiary/aromatic N) is 2. The molecule has 0 aliphatic carbocycles. The summed E-state index contributed by atoms with van der Waals surface area (Å²) in [5.74, 6) is -1.12. The average molecular weight is 380 g/mol. The lowest BCUT2D eigenvalue weighted by Crippen LogP contribution is -2.43. The predicted octanol–water partition coefficient (Wildman–Crippen LogP) is 4.05. The van der Waals surface area contributed by atoms with Gasteiger partial charge >= 0.3 is 11.8 Å². The summed E-state index contributed by atoms with van der Waals surface area (Å²) in [6.45, 7) is 6.40. The normalized spacial score (nSPS) is 14.0. The van der Waals surface area contributed by atoms with Crippen molar-refractivity contribution in [2.24, 2.45) is 0 Å². The minimum atomic E-state index is -0.602. The van der Waals surface area contributed by atoms with Gasteiger partial charge in [0.05, 0.1) is 0 Å². The third-order valence-corrected chi connectivity index (χ3v) is 5.12. The molecule has 1 aliphatic rings. The first-order valence-electron chi connectivity index (χ1n) is 10.1. The zero-order chi connectivity index (χ0) is 19.9. The Morgan fingerprint density at radius 2 is 1.61 bits per heavy atom. The van der Waals surface area contributed by atoms with Crippen molar-refractivity contribution in [3.05, 3.63) is 60.2 Å². The summed E-state index contributed by atoms with van der Waals surface area (Å²) in [5, 5.41) is 2.74. The Bertz CT molecular complexity index is 781. The van der Waals surface area contributed by atoms with Gasteiger partial charge in [0.25, 0.3) is 0 Å². The van der Waals surface area contributed by atoms with E-state index in [1.54, 1.807) is 4.90 Å². The van der Waals surface area contributed by atoms with Crippen molar-refractivity contribution in [2.45, 2.75) is 45.7 Å². The van der Waals surface area contributed by atoms with Crippen molar-refractivity contribution in [1.82, 2.24) is 4.90 Å². The number of rotatable bonds is 5. The second kappa shape index (κ2) is 9.40. The molecule has 0 radical (unpaired) electrons. The first kappa shape index (κ1) is 19.9. The fourth-order valence-electron chi connectivity index (χ4n) is 3.49. The van der Waals surface area contributed by atoms with Crippen LogP contribution in [0.3, 0.4) is 0 Å². The van der Waals surface area contributed by atoms with Crippen LogP contribution in [-0.4, -0.2) is 35.8 Å². The Balaban J connectivity index is 1.62. The predicted molar refractivity (Wildman–Crippen MR) is 113 cm³/mol. The van der Waals surface area contributed by atoms with Crippen LogP contribution >= 0.6 is 0 Å². The zero-order valence-corrected chi connectivity index (χ0v) is 16.7. The number of nitrogens with one attached hydrogen (secondary N) is 1. The van der Waals surface area contributed by atoms with Crippen LogP contribution in [0.5, 0.6) is 0 Å². The molecular formula is C23H29N3O2. The second-order valence-electron chi connectivity index (χ2n) is 7.56. The molecule has 2 aromatic rings. The maximum atomic E-state index is 12.7. The van der Waals surface area contributed by atoms with Crippen LogP contribution in [0.25, 0.3) is 0 Å². The highest BCUT2D eigenvalue weighted by atomic mass is 16.2. The molecular weight excluding hydrogens is 350 g/mol. The number of anilines is 2. The zero-order valence-electron chi connectivity index (χ0n) is 16.7. The molecule has 1 saturated heterocycles. The first-order chi connectivity index (χ1) is 13.5. The van der Waals surface area contributed by atoms with Crippen LogP contribution in [0.15, 0.2) is 54.6 Å². The molecule has 3 rings (SSSR count). The summed E-state index contributed by atoms with van der Waals surface area (Å²) in [6.07, 6.45) is 3.74. The van der Waals surface area contributed by atoms with Crippen molar-refractivity contribution in [2.75, 3.05) is 23.3 Å². The summed E-state index contributed by atoms with van der Waals surface area (Å²) >= 11 is 0. The van der Waals surface area contributed by atoms with E-state index in [4.69, 9.17) is 0 Å². The topological polar surface area (TPSA) is 52.7 Å². The largest absolute Gasteiger partial charge is 0.372 e. The molecule has 1 heterocycles. The van der Waals surface area contributed by atoms with Gasteiger partial charge in [-0.3, -0.25) is 9.59 Å². The molecule has 1 N–H and O–H groups in total. The molecule has 2 aromatic carbocycles. The van der Waals surface area contributed by atoms with Gasteiger partial charge in [0.15, 0.2) is 0 Å². The number of hydrogen-bond acceptors (Lipinski definition) is 3. The summed E-state index contributed by atoms with van der Waals surface area (Å²) < 4.78 is 0. The highest BCUT2D eigenvalue weighted by molar-refractivity contribution is 6.39. The van der Waals surface area contributed by atoms with Gasteiger partial charge in [0.2, 0.25) is 0 Å². The quantitative estimate of drug-likeness (QED) is 0.798. The first-order valence-corrected chi connectivity index (χ1v) is 10.1. The number of benzene rings is 2. The highest BCUT2D eigenvalue weighted by Gasteiger charge is 2.24. The van der Waals surface area contributed by atoms with Crippen LogP contribution in [-0.2, 0) is 16.1 Å². The number of amides is 2. The average Bonchev–Trinajstić information content (AvgIpc) is 2.73. The third kappa shape index (κ3) is 5.12. The van der Waals surface area contributed by atoms with E-state index in [9.17, 15) is 9.59 Å². The minimum absolute atomic E-state index is 0.0695. The minimum Gasteiger partial charge on any atom is -0.372 e. The van der Waals surface area contributed by atoms with Gasteiger partial charge in [0.1, 0.15) is 0 Å². The molecule has 1 fully saturated rings. The molecule has 5 heteroatoms. The Labute approximate surface area is 167 Å². The highest BCUT2D eigenvalue weighted by Crippen LogP contribution is 2.22. The standard InChI is InChI=1S/C23H29N3O2/c1-18(2)26(17-19-9-5-3-6-10-19)23(28)22(27)24-20-11-13-21(14-12-20)25-15-7-4-8-16-25/h3,5-6,9-14,18H,4,7-8,15-17H2,1-2H3,(H,24,27). The van der Waals surface area contributed by atoms with Crippen LogP contribution < -0.4 is 10.2 Å². The van der Waals surface area contributed by atoms with Crippen molar-refractivity contribution in [3.63, 3.8) is 0 Å². The van der Waals surface area contributed by atoms with Crippen molar-refractivity contribution in [3.8, 4) is 0 Å². The number of carbonyl (C=O) groups is 2. The maximum absolute atomic E-state index is 12.7. The van der Waals surface area contributed by atoms with Gasteiger partial charge in [0, 0.05) is 37.1 Å². The Hall–Kier alpha value is -2.82. The van der Waals surface area contributed by atoms with E-state index < -0.39 is 11.8 Å². The van der Waals surface area contributed by atoms with E-state index in [0.717, 1.165) is 24.3 Å². The van der Waals surface area contributed by atoms with E-state index in [2.05, 4.69) is 10.2 Å². The molecule has 2 amide bonds. The summed E-state index contributed by atoms with van der Waals surface area (Å²) in [5.41, 5.74) is 2.81. The Morgan fingerprint density at radius 3 is 2.21 bits per heavy atom. The van der Waals surface area contributed by atoms with Gasteiger partial charge in [-0.25, -0.2) is 0 Å². The molecule has 0 bridgehead atoms. The molecule has 0 aromatic heterocycles. The third-order valence-electron chi connectivity index (χ3n) is 5.12. The summed E-state index contributed by atoms with van der Waals surface area (Å²) in [6, 6.07) is 17.4. The molecule has 1 aliphatic heterocycles. The molecule has 28 heavy (non-hydrogen) atoms. The monoisotopic (exact) mass is 379 g/mol. The van der Waals surface area contributed by atoms with Gasteiger partial charge in [-0.15, -0.1) is 0 Å². The van der Waals surface area contributed by atoms with Gasteiger partial charge in [-0.2, -0.15) is 0 Å². The lowest BCUT2D eigenvalue weighted by molar-refractivity contribution is -0.144. The number of carbonyl (C=O) groups excluding carboxylic acids is 2. The summed E-state index contributed by atoms with van der Waals surface area (Å²) in [4.78, 5) is 29.2. The van der Waals surface area contributed by atoms with Gasteiger partial charge in [-0.1, -0.05) is 30.3 Å². The van der Waals surface area contributed by atoms with Crippen molar-refractivity contribution >= 4 is 23.2 Å². The van der Waals surface area contributed by atoms with Gasteiger partial charge < -0.3 is 15.1 Å². The number of piperidine rings is 1. The van der Waals surface area contributed by atoms with E-state index in [1.807, 2.05) is 68.4 Å². The lowest BCUT2D eigenvalue weighted by atomic mass is 10.1. The van der Waals surface area contributed by atoms with E-state index >= 15 is 0 Å². The van der Waals surface area contributed by atoms with Crippen LogP contribution in [0.4, 0.5) is 11.4 Å². The molecule has 148 valence electrons. The SMILES string of the molecule is CC(C)N(Cc1ccccc1)C(=O)C(=O)Nc1ccc(N2CCCCC2)cc1. The molecule has 5 nitrogen and oxygen atoms in total. The van der Waals surface area contributed by atoms with Gasteiger partial charge in [-0.05, 0) is 62.9 Å². The Morgan fingerprint density at radius 1 is 0.964 bits per heavy atom. The molecule has 0 saturated carbocycles. The van der Waals surface area contributed by atoms with Crippen LogP contribution in [0.1, 0.15) is 38.7 Å². The molecule has 0 atom stereocenters. The second-order valence-corrected chi connectivity index (χ2v) is 7.56. The van der Waals surface area contributed by atoms with Crippen LogP contribution in [0, 0.1) is 0 Å². The number of hydrogen-bond donors (Lipinski definition) is 1. The lowest BCUT2D eigenvalue weighted by Gasteiger charge is -2.29. The van der Waals surface area contributed by atoms with E-state index in [0.29, 0.717) is 12.2 Å². The maximum Gasteiger partial charge on any atom is 0.313 e. The summed E-state index contributed by atoms with van der Waals surface area (Å²) in [7, 11) is 0. The van der Waals surface area contributed by atoms with E-state index in [1.165, 1.54) is 19.3 Å². The van der Waals surface area contributed by atoms with Crippen LogP contribution in [0.2, 0.25) is 0 Å². The molecule has 0 spiro atoms. The Kier molecular flexibility index (Phi) is 6.69. The smallest absolute Gasteiger partial charge is 0.313 e. The fourth-order valence-corrected chi connectivity index (χ4v) is 3.49. The van der Waals surface area contributed by atoms with Crippen molar-refractivity contribution in [1.29, 1.82) is 0 Å².